The fourth-order valence-corrected chi connectivity index (χ4v) is 3.19. The largest absolute Gasteiger partial charge is 0.271 e. The number of amides is 1. The van der Waals surface area contributed by atoms with Crippen molar-refractivity contribution in [2.24, 2.45) is 11.2 Å². The third kappa shape index (κ3) is 1.80. The van der Waals surface area contributed by atoms with E-state index in [9.17, 15) is 18.1 Å². The van der Waals surface area contributed by atoms with Crippen molar-refractivity contribution in [3.8, 4) is 0 Å². The molecular weight excluding hydrogens is 258 g/mol. The summed E-state index contributed by atoms with van der Waals surface area (Å²) in [6, 6.07) is 0. The van der Waals surface area contributed by atoms with Gasteiger partial charge in [0.2, 0.25) is 10.0 Å². The number of sulfonamides is 1. The van der Waals surface area contributed by atoms with Gasteiger partial charge in [-0.2, -0.15) is 0 Å². The molecule has 18 heavy (non-hydrogen) atoms. The van der Waals surface area contributed by atoms with E-state index in [-0.39, 0.29) is 5.92 Å². The van der Waals surface area contributed by atoms with Crippen molar-refractivity contribution in [1.82, 2.24) is 10.1 Å². The summed E-state index contributed by atoms with van der Waals surface area (Å²) < 4.78 is 25.0. The topological polar surface area (TPSA) is 105 Å². The zero-order valence-corrected chi connectivity index (χ0v) is 10.8. The summed E-state index contributed by atoms with van der Waals surface area (Å²) >= 11 is 0. The molecule has 2 aliphatic rings. The highest BCUT2D eigenvalue weighted by molar-refractivity contribution is 7.91. The van der Waals surface area contributed by atoms with Gasteiger partial charge in [0.05, 0.1) is 10.0 Å². The van der Waals surface area contributed by atoms with Gasteiger partial charge in [0.15, 0.2) is 0 Å². The average molecular weight is 273 g/mol. The monoisotopic (exact) mass is 273 g/mol. The third-order valence-electron chi connectivity index (χ3n) is 3.78. The van der Waals surface area contributed by atoms with Crippen LogP contribution in [0.2, 0.25) is 0 Å². The summed E-state index contributed by atoms with van der Waals surface area (Å²) in [5, 5.41) is 2.49. The Balaban J connectivity index is 2.13. The number of hydrogen-bond acceptors (Lipinski definition) is 5. The van der Waals surface area contributed by atoms with E-state index in [0.717, 1.165) is 0 Å². The van der Waals surface area contributed by atoms with E-state index < -0.39 is 26.2 Å². The Morgan fingerprint density at radius 1 is 1.50 bits per heavy atom. The molecule has 0 bridgehead atoms. The maximum atomic E-state index is 12.0. The van der Waals surface area contributed by atoms with Crippen LogP contribution in [-0.2, 0) is 14.8 Å². The predicted molar refractivity (Wildman–Crippen MR) is 64.7 cm³/mol. The first-order valence-electron chi connectivity index (χ1n) is 5.60. The van der Waals surface area contributed by atoms with Gasteiger partial charge in [-0.25, -0.2) is 8.42 Å². The summed E-state index contributed by atoms with van der Waals surface area (Å²) in [4.78, 5) is 22.3. The minimum absolute atomic E-state index is 0.280. The predicted octanol–water partition coefficient (Wildman–Crippen LogP) is 0.201. The molecule has 2 saturated carbocycles. The summed E-state index contributed by atoms with van der Waals surface area (Å²) in [5.41, 5.74) is 0.902. The Bertz CT molecular complexity index is 511. The molecule has 1 unspecified atom stereocenters. The van der Waals surface area contributed by atoms with E-state index >= 15 is 0 Å². The van der Waals surface area contributed by atoms with Crippen LogP contribution in [0.3, 0.4) is 0 Å². The Labute approximate surface area is 105 Å². The van der Waals surface area contributed by atoms with Crippen LogP contribution in [0.4, 0.5) is 0 Å². The highest BCUT2D eigenvalue weighted by Gasteiger charge is 2.62. The lowest BCUT2D eigenvalue weighted by molar-refractivity contribution is -0.122. The van der Waals surface area contributed by atoms with Gasteiger partial charge in [0, 0.05) is 5.92 Å². The standard InChI is InChI=1S/C10H15N3O4S/c1-3-7-6-10(7,12-13-15)8(14)11-18(16,17)9(2)4-5-9/h3,7H,1,4-6H2,2H3,(H,11,14)(H,12,15)/t7?,10-/m1/s1. The molecule has 0 aliphatic heterocycles. The van der Waals surface area contributed by atoms with Crippen molar-refractivity contribution in [3.63, 3.8) is 0 Å². The van der Waals surface area contributed by atoms with Crippen molar-refractivity contribution in [2.75, 3.05) is 0 Å². The summed E-state index contributed by atoms with van der Waals surface area (Å²) in [7, 11) is -3.70. The zero-order chi connectivity index (χ0) is 13.6. The van der Waals surface area contributed by atoms with Crippen molar-refractivity contribution < 1.29 is 13.2 Å². The smallest absolute Gasteiger partial charge is 0.261 e. The van der Waals surface area contributed by atoms with E-state index in [1.165, 1.54) is 6.08 Å². The van der Waals surface area contributed by atoms with Crippen LogP contribution in [0.25, 0.3) is 0 Å². The second-order valence-electron chi connectivity index (χ2n) is 5.11. The average Bonchev–Trinajstić information content (AvgIpc) is 3.16. The van der Waals surface area contributed by atoms with Gasteiger partial charge in [0.1, 0.15) is 5.54 Å². The van der Waals surface area contributed by atoms with E-state index in [2.05, 4.69) is 17.3 Å². The number of carbonyl (C=O) groups is 1. The Hall–Kier alpha value is -1.44. The molecule has 0 heterocycles. The Morgan fingerprint density at radius 2 is 2.11 bits per heavy atom. The highest BCUT2D eigenvalue weighted by Crippen LogP contribution is 2.46. The van der Waals surface area contributed by atoms with Gasteiger partial charge >= 0.3 is 0 Å². The van der Waals surface area contributed by atoms with Gasteiger partial charge in [-0.15, -0.1) is 11.5 Å². The van der Waals surface area contributed by atoms with Crippen LogP contribution in [0.15, 0.2) is 17.9 Å². The molecule has 2 atom stereocenters. The van der Waals surface area contributed by atoms with Crippen LogP contribution in [0.5, 0.6) is 0 Å². The zero-order valence-electron chi connectivity index (χ0n) is 9.97. The van der Waals surface area contributed by atoms with E-state index in [4.69, 9.17) is 0 Å². The normalized spacial score (nSPS) is 32.2. The van der Waals surface area contributed by atoms with Crippen molar-refractivity contribution in [2.45, 2.75) is 36.5 Å². The first-order chi connectivity index (χ1) is 8.31. The van der Waals surface area contributed by atoms with Crippen LogP contribution in [0.1, 0.15) is 26.2 Å². The quantitative estimate of drug-likeness (QED) is 0.408. The summed E-state index contributed by atoms with van der Waals surface area (Å²) in [6.45, 7) is 5.11. The molecule has 0 aromatic carbocycles. The minimum atomic E-state index is -3.70. The van der Waals surface area contributed by atoms with Crippen LogP contribution < -0.4 is 10.1 Å². The van der Waals surface area contributed by atoms with Crippen molar-refractivity contribution >= 4 is 15.9 Å². The lowest BCUT2D eigenvalue weighted by atomic mass is 10.2. The number of hydrogen-bond donors (Lipinski definition) is 2. The third-order valence-corrected chi connectivity index (χ3v) is 5.94. The second-order valence-corrected chi connectivity index (χ2v) is 7.30. The summed E-state index contributed by atoms with van der Waals surface area (Å²) in [5.74, 6) is -1.02. The number of nitroso groups, excluding NO2 is 1. The lowest BCUT2D eigenvalue weighted by Crippen LogP contribution is -2.50. The van der Waals surface area contributed by atoms with Crippen molar-refractivity contribution in [1.29, 1.82) is 0 Å². The molecule has 0 aromatic heterocycles. The number of carbonyl (C=O) groups excluding carboxylic acids is 1. The molecule has 0 saturated heterocycles. The number of rotatable bonds is 6. The molecule has 2 N–H and O–H groups in total. The first-order valence-corrected chi connectivity index (χ1v) is 7.08. The van der Waals surface area contributed by atoms with E-state index in [1.807, 2.05) is 4.72 Å². The summed E-state index contributed by atoms with van der Waals surface area (Å²) in [6.07, 6.45) is 2.89. The van der Waals surface area contributed by atoms with Gasteiger partial charge in [0.25, 0.3) is 5.91 Å². The number of nitrogens with zero attached hydrogens (tertiary/aromatic N) is 1. The Kier molecular flexibility index (Phi) is 2.73. The maximum Gasteiger partial charge on any atom is 0.261 e. The fraction of sp³-hybridized carbons (Fsp3) is 0.700. The molecule has 2 rings (SSSR count). The van der Waals surface area contributed by atoms with Gasteiger partial charge < -0.3 is 0 Å². The SMILES string of the molecule is C=CC1C[C@]1(NN=O)C(=O)NS(=O)(=O)C1(C)CC1. The minimum Gasteiger partial charge on any atom is -0.271 e. The van der Waals surface area contributed by atoms with Gasteiger partial charge in [-0.3, -0.25) is 14.9 Å². The Morgan fingerprint density at radius 3 is 2.50 bits per heavy atom. The van der Waals surface area contributed by atoms with Crippen LogP contribution >= 0.6 is 0 Å². The molecular formula is C10H15N3O4S. The maximum absolute atomic E-state index is 12.0. The molecule has 0 radical (unpaired) electrons. The molecule has 0 aromatic rings. The highest BCUT2D eigenvalue weighted by atomic mass is 32.2. The molecule has 1 amide bonds. The molecule has 8 heteroatoms. The second kappa shape index (κ2) is 3.78. The van der Waals surface area contributed by atoms with E-state index in [0.29, 0.717) is 19.3 Å². The van der Waals surface area contributed by atoms with Gasteiger partial charge in [-0.05, 0) is 26.2 Å². The van der Waals surface area contributed by atoms with E-state index in [1.54, 1.807) is 6.92 Å². The van der Waals surface area contributed by atoms with Crippen molar-refractivity contribution in [3.05, 3.63) is 17.6 Å². The fourth-order valence-electron chi connectivity index (χ4n) is 1.88. The molecule has 7 nitrogen and oxygen atoms in total. The van der Waals surface area contributed by atoms with Crippen LogP contribution in [0, 0.1) is 10.8 Å². The van der Waals surface area contributed by atoms with Crippen LogP contribution in [-0.4, -0.2) is 24.6 Å². The number of nitrogens with one attached hydrogen (secondary N) is 2. The molecule has 2 aliphatic carbocycles. The lowest BCUT2D eigenvalue weighted by Gasteiger charge is -2.17. The molecule has 0 spiro atoms. The first kappa shape index (κ1) is 13.0. The molecule has 2 fully saturated rings. The van der Waals surface area contributed by atoms with Gasteiger partial charge in [-0.1, -0.05) is 6.08 Å². The molecule has 100 valence electrons.